The summed E-state index contributed by atoms with van der Waals surface area (Å²) in [6, 6.07) is 10.9. The number of carboxylic acids is 1. The standard InChI is InChI=1S/C16H14N2O3/c1-10-6-7-13-17-14(15(16(19)20)18(13)9-10)11-4-3-5-12(8-11)21-2/h3-9H,1-2H3,(H,19,20). The Bertz CT molecular complexity index is 837. The minimum atomic E-state index is -1.01. The molecule has 0 amide bonds. The molecule has 5 heteroatoms. The van der Waals surface area contributed by atoms with Crippen molar-refractivity contribution in [2.75, 3.05) is 7.11 Å². The molecule has 0 bridgehead atoms. The van der Waals surface area contributed by atoms with Gasteiger partial charge in [-0.1, -0.05) is 18.2 Å². The van der Waals surface area contributed by atoms with Crippen LogP contribution in [0.3, 0.4) is 0 Å². The summed E-state index contributed by atoms with van der Waals surface area (Å²) in [5.41, 5.74) is 2.89. The van der Waals surface area contributed by atoms with Crippen LogP contribution < -0.4 is 4.74 Å². The van der Waals surface area contributed by atoms with E-state index in [0.717, 1.165) is 5.56 Å². The molecule has 106 valence electrons. The first kappa shape index (κ1) is 13.2. The molecular formula is C16H14N2O3. The van der Waals surface area contributed by atoms with E-state index in [1.807, 2.05) is 37.3 Å². The molecule has 2 aromatic heterocycles. The number of carboxylic acid groups (broad SMARTS) is 1. The number of aromatic nitrogens is 2. The Balaban J connectivity index is 2.31. The predicted octanol–water partition coefficient (Wildman–Crippen LogP) is 3.02. The number of pyridine rings is 1. The van der Waals surface area contributed by atoms with E-state index in [4.69, 9.17) is 4.74 Å². The van der Waals surface area contributed by atoms with E-state index in [0.29, 0.717) is 22.7 Å². The summed E-state index contributed by atoms with van der Waals surface area (Å²) in [6.07, 6.45) is 1.77. The number of aryl methyl sites for hydroxylation is 1. The maximum Gasteiger partial charge on any atom is 0.355 e. The number of fused-ring (bicyclic) bond motifs is 1. The van der Waals surface area contributed by atoms with Crippen LogP contribution in [0.15, 0.2) is 42.6 Å². The van der Waals surface area contributed by atoms with Gasteiger partial charge in [0.05, 0.1) is 7.11 Å². The zero-order valence-corrected chi connectivity index (χ0v) is 11.7. The Kier molecular flexibility index (Phi) is 3.10. The van der Waals surface area contributed by atoms with Crippen molar-refractivity contribution in [2.24, 2.45) is 0 Å². The molecule has 0 saturated carbocycles. The average Bonchev–Trinajstić information content (AvgIpc) is 2.86. The molecule has 1 aromatic carbocycles. The van der Waals surface area contributed by atoms with Crippen LogP contribution in [-0.2, 0) is 0 Å². The summed E-state index contributed by atoms with van der Waals surface area (Å²) in [4.78, 5) is 16.1. The number of benzene rings is 1. The summed E-state index contributed by atoms with van der Waals surface area (Å²) >= 11 is 0. The monoisotopic (exact) mass is 282 g/mol. The maximum absolute atomic E-state index is 11.6. The van der Waals surface area contributed by atoms with Crippen LogP contribution in [0, 0.1) is 6.92 Å². The van der Waals surface area contributed by atoms with Crippen molar-refractivity contribution >= 4 is 11.6 Å². The molecule has 0 atom stereocenters. The first-order valence-corrected chi connectivity index (χ1v) is 6.46. The van der Waals surface area contributed by atoms with Crippen LogP contribution in [-0.4, -0.2) is 27.6 Å². The van der Waals surface area contributed by atoms with Gasteiger partial charge in [0.25, 0.3) is 0 Å². The summed E-state index contributed by atoms with van der Waals surface area (Å²) in [6.45, 7) is 1.91. The number of aromatic carboxylic acids is 1. The summed E-state index contributed by atoms with van der Waals surface area (Å²) in [5, 5.41) is 9.54. The summed E-state index contributed by atoms with van der Waals surface area (Å²) < 4.78 is 6.79. The van der Waals surface area contributed by atoms with Crippen LogP contribution >= 0.6 is 0 Å². The predicted molar refractivity (Wildman–Crippen MR) is 78.9 cm³/mol. The highest BCUT2D eigenvalue weighted by molar-refractivity contribution is 5.94. The Morgan fingerprint density at radius 3 is 2.81 bits per heavy atom. The van der Waals surface area contributed by atoms with Crippen molar-refractivity contribution in [1.82, 2.24) is 9.38 Å². The molecular weight excluding hydrogens is 268 g/mol. The van der Waals surface area contributed by atoms with E-state index in [-0.39, 0.29) is 5.69 Å². The van der Waals surface area contributed by atoms with Gasteiger partial charge in [-0.15, -0.1) is 0 Å². The van der Waals surface area contributed by atoms with Crippen molar-refractivity contribution in [1.29, 1.82) is 0 Å². The van der Waals surface area contributed by atoms with Crippen molar-refractivity contribution in [2.45, 2.75) is 6.92 Å². The van der Waals surface area contributed by atoms with Gasteiger partial charge >= 0.3 is 5.97 Å². The van der Waals surface area contributed by atoms with Gasteiger partial charge < -0.3 is 9.84 Å². The Morgan fingerprint density at radius 2 is 2.10 bits per heavy atom. The lowest BCUT2D eigenvalue weighted by Crippen LogP contribution is -2.03. The average molecular weight is 282 g/mol. The SMILES string of the molecule is COc1cccc(-c2nc3ccc(C)cn3c2C(=O)O)c1. The molecule has 0 aliphatic heterocycles. The third-order valence-corrected chi connectivity index (χ3v) is 3.31. The largest absolute Gasteiger partial charge is 0.497 e. The molecule has 0 fully saturated rings. The summed E-state index contributed by atoms with van der Waals surface area (Å²) in [7, 11) is 1.57. The summed E-state index contributed by atoms with van der Waals surface area (Å²) in [5.74, 6) is -0.344. The van der Waals surface area contributed by atoms with E-state index in [2.05, 4.69) is 4.98 Å². The third-order valence-electron chi connectivity index (χ3n) is 3.31. The molecule has 0 radical (unpaired) electrons. The quantitative estimate of drug-likeness (QED) is 0.802. The van der Waals surface area contributed by atoms with Gasteiger partial charge in [-0.25, -0.2) is 9.78 Å². The number of ether oxygens (including phenoxy) is 1. The first-order valence-electron chi connectivity index (χ1n) is 6.46. The molecule has 0 spiro atoms. The fourth-order valence-electron chi connectivity index (χ4n) is 2.33. The second kappa shape index (κ2) is 4.94. The van der Waals surface area contributed by atoms with Crippen molar-refractivity contribution in [3.63, 3.8) is 0 Å². The maximum atomic E-state index is 11.6. The zero-order valence-electron chi connectivity index (χ0n) is 11.7. The first-order chi connectivity index (χ1) is 10.1. The molecule has 1 N–H and O–H groups in total. The minimum absolute atomic E-state index is 0.155. The number of nitrogens with zero attached hydrogens (tertiary/aromatic N) is 2. The fraction of sp³-hybridized carbons (Fsp3) is 0.125. The van der Waals surface area contributed by atoms with E-state index in [1.165, 1.54) is 0 Å². The number of rotatable bonds is 3. The van der Waals surface area contributed by atoms with Gasteiger partial charge in [0.2, 0.25) is 0 Å². The molecule has 0 aliphatic rings. The lowest BCUT2D eigenvalue weighted by atomic mass is 10.1. The Labute approximate surface area is 121 Å². The van der Waals surface area contributed by atoms with Crippen LogP contribution in [0.1, 0.15) is 16.1 Å². The van der Waals surface area contributed by atoms with E-state index in [1.54, 1.807) is 23.8 Å². The Hall–Kier alpha value is -2.82. The third kappa shape index (κ3) is 2.23. The highest BCUT2D eigenvalue weighted by Crippen LogP contribution is 2.27. The lowest BCUT2D eigenvalue weighted by molar-refractivity contribution is 0.0690. The number of hydrogen-bond acceptors (Lipinski definition) is 3. The van der Waals surface area contributed by atoms with Gasteiger partial charge in [-0.2, -0.15) is 0 Å². The molecule has 3 rings (SSSR count). The topological polar surface area (TPSA) is 63.8 Å². The van der Waals surface area contributed by atoms with Crippen LogP contribution in [0.25, 0.3) is 16.9 Å². The normalized spacial score (nSPS) is 10.8. The van der Waals surface area contributed by atoms with Gasteiger partial charge in [0.1, 0.15) is 17.1 Å². The molecule has 3 aromatic rings. The number of imidazole rings is 1. The fourth-order valence-corrected chi connectivity index (χ4v) is 2.33. The van der Waals surface area contributed by atoms with E-state index < -0.39 is 5.97 Å². The van der Waals surface area contributed by atoms with Crippen molar-refractivity contribution in [3.8, 4) is 17.0 Å². The Morgan fingerprint density at radius 1 is 1.29 bits per heavy atom. The van der Waals surface area contributed by atoms with Crippen LogP contribution in [0.5, 0.6) is 5.75 Å². The smallest absolute Gasteiger partial charge is 0.355 e. The molecule has 0 aliphatic carbocycles. The lowest BCUT2D eigenvalue weighted by Gasteiger charge is -2.03. The second-order valence-corrected chi connectivity index (χ2v) is 4.78. The molecule has 21 heavy (non-hydrogen) atoms. The number of methoxy groups -OCH3 is 1. The highest BCUT2D eigenvalue weighted by atomic mass is 16.5. The second-order valence-electron chi connectivity index (χ2n) is 4.78. The molecule has 0 saturated heterocycles. The van der Waals surface area contributed by atoms with Gasteiger partial charge in [-0.05, 0) is 30.7 Å². The molecule has 2 heterocycles. The van der Waals surface area contributed by atoms with Crippen LogP contribution in [0.2, 0.25) is 0 Å². The van der Waals surface area contributed by atoms with Gasteiger partial charge in [-0.3, -0.25) is 4.40 Å². The minimum Gasteiger partial charge on any atom is -0.497 e. The molecule has 5 nitrogen and oxygen atoms in total. The van der Waals surface area contributed by atoms with Gasteiger partial charge in [0, 0.05) is 11.8 Å². The van der Waals surface area contributed by atoms with Crippen LogP contribution in [0.4, 0.5) is 0 Å². The van der Waals surface area contributed by atoms with Crippen molar-refractivity contribution < 1.29 is 14.6 Å². The van der Waals surface area contributed by atoms with Gasteiger partial charge in [0.15, 0.2) is 5.69 Å². The number of hydrogen-bond donors (Lipinski definition) is 1. The van der Waals surface area contributed by atoms with E-state index >= 15 is 0 Å². The molecule has 0 unspecified atom stereocenters. The zero-order chi connectivity index (χ0) is 15.0. The highest BCUT2D eigenvalue weighted by Gasteiger charge is 2.20. The van der Waals surface area contributed by atoms with E-state index in [9.17, 15) is 9.90 Å². The number of carbonyl (C=O) groups is 1. The van der Waals surface area contributed by atoms with Crippen molar-refractivity contribution in [3.05, 3.63) is 53.9 Å².